The van der Waals surface area contributed by atoms with E-state index in [1.54, 1.807) is 0 Å². The summed E-state index contributed by atoms with van der Waals surface area (Å²) in [6.07, 6.45) is 2.33. The van der Waals surface area contributed by atoms with Gasteiger partial charge in [0, 0.05) is 11.4 Å². The summed E-state index contributed by atoms with van der Waals surface area (Å²) in [6.45, 7) is 0. The molecule has 4 rings (SSSR count). The summed E-state index contributed by atoms with van der Waals surface area (Å²) in [7, 11) is 0. The molecule has 3 aromatic rings. The number of nitrogens with zero attached hydrogens (tertiary/aromatic N) is 2. The van der Waals surface area contributed by atoms with Gasteiger partial charge in [0.05, 0.1) is 11.0 Å². The molecular weight excluding hydrogens is 172 g/mol. The van der Waals surface area contributed by atoms with Gasteiger partial charge in [-0.05, 0) is 49.2 Å². The van der Waals surface area contributed by atoms with Crippen LogP contribution in [0.5, 0.6) is 0 Å². The predicted molar refractivity (Wildman–Crippen MR) is 55.8 cm³/mol. The van der Waals surface area contributed by atoms with E-state index < -0.39 is 0 Å². The summed E-state index contributed by atoms with van der Waals surface area (Å²) < 4.78 is 4.66. The van der Waals surface area contributed by atoms with Gasteiger partial charge in [0.1, 0.15) is 0 Å². The molecule has 2 nitrogen and oxygen atoms in total. The minimum atomic E-state index is 1.16. The fourth-order valence-electron chi connectivity index (χ4n) is 2.52. The first-order valence-corrected chi connectivity index (χ1v) is 5.03. The molecule has 0 N–H and O–H groups in total. The third kappa shape index (κ3) is 0.607. The summed E-state index contributed by atoms with van der Waals surface area (Å²) in [4.78, 5) is 0. The van der Waals surface area contributed by atoms with Crippen molar-refractivity contribution in [2.75, 3.05) is 0 Å². The molecule has 0 atom stereocenters. The van der Waals surface area contributed by atoms with E-state index in [-0.39, 0.29) is 0 Å². The molecule has 1 aliphatic rings. The van der Waals surface area contributed by atoms with Crippen LogP contribution in [0.2, 0.25) is 0 Å². The van der Waals surface area contributed by atoms with Crippen molar-refractivity contribution in [3.63, 3.8) is 0 Å². The van der Waals surface area contributed by atoms with Crippen LogP contribution in [0, 0.1) is 0 Å². The van der Waals surface area contributed by atoms with Crippen molar-refractivity contribution in [1.29, 1.82) is 0 Å². The first-order chi connectivity index (χ1) is 6.93. The molecule has 0 radical (unpaired) electrons. The highest BCUT2D eigenvalue weighted by Crippen LogP contribution is 2.22. The minimum Gasteiger partial charge on any atom is -0.253 e. The Morgan fingerprint density at radius 1 is 0.643 bits per heavy atom. The lowest BCUT2D eigenvalue weighted by Crippen LogP contribution is -2.13. The van der Waals surface area contributed by atoms with Crippen molar-refractivity contribution in [1.82, 2.24) is 9.03 Å². The van der Waals surface area contributed by atoms with E-state index in [1.807, 2.05) is 0 Å². The quantitative estimate of drug-likeness (QED) is 0.504. The van der Waals surface area contributed by atoms with Gasteiger partial charge in [-0.2, -0.15) is 0 Å². The summed E-state index contributed by atoms with van der Waals surface area (Å²) in [5.41, 5.74) is 5.44. The van der Waals surface area contributed by atoms with E-state index in [9.17, 15) is 0 Å². The van der Waals surface area contributed by atoms with E-state index in [4.69, 9.17) is 0 Å². The Kier molecular flexibility index (Phi) is 0.973. The lowest BCUT2D eigenvalue weighted by atomic mass is 10.2. The monoisotopic (exact) mass is 182 g/mol. The Morgan fingerprint density at radius 3 is 1.57 bits per heavy atom. The molecule has 3 aromatic heterocycles. The average molecular weight is 182 g/mol. The second-order valence-electron chi connectivity index (χ2n) is 3.96. The van der Waals surface area contributed by atoms with Gasteiger partial charge in [-0.25, -0.2) is 0 Å². The lowest BCUT2D eigenvalue weighted by Gasteiger charge is -2.15. The number of hydrogen-bond donors (Lipinski definition) is 0. The molecule has 0 saturated carbocycles. The number of aryl methyl sites for hydroxylation is 2. The maximum Gasteiger partial charge on any atom is 0.0634 e. The van der Waals surface area contributed by atoms with Crippen LogP contribution in [0.3, 0.4) is 0 Å². The van der Waals surface area contributed by atoms with E-state index in [0.717, 1.165) is 12.8 Å². The van der Waals surface area contributed by atoms with Gasteiger partial charge in [0.25, 0.3) is 0 Å². The molecule has 0 amide bonds. The predicted octanol–water partition coefficient (Wildman–Crippen LogP) is 2.29. The van der Waals surface area contributed by atoms with Gasteiger partial charge in [-0.15, -0.1) is 0 Å². The first kappa shape index (κ1) is 6.71. The summed E-state index contributed by atoms with van der Waals surface area (Å²) >= 11 is 0. The van der Waals surface area contributed by atoms with Crippen LogP contribution in [0.15, 0.2) is 36.4 Å². The maximum absolute atomic E-state index is 2.33. The molecule has 68 valence electrons. The van der Waals surface area contributed by atoms with E-state index >= 15 is 0 Å². The number of aromatic nitrogens is 2. The van der Waals surface area contributed by atoms with Crippen LogP contribution >= 0.6 is 0 Å². The smallest absolute Gasteiger partial charge is 0.0634 e. The second-order valence-corrected chi connectivity index (χ2v) is 3.96. The highest BCUT2D eigenvalue weighted by Gasteiger charge is 2.13. The van der Waals surface area contributed by atoms with Crippen LogP contribution in [-0.2, 0) is 12.8 Å². The summed E-state index contributed by atoms with van der Waals surface area (Å²) in [5, 5.41) is 0. The van der Waals surface area contributed by atoms with Crippen molar-refractivity contribution >= 4 is 11.0 Å². The van der Waals surface area contributed by atoms with Gasteiger partial charge in [-0.3, -0.25) is 9.03 Å². The first-order valence-electron chi connectivity index (χ1n) is 5.03. The van der Waals surface area contributed by atoms with Crippen molar-refractivity contribution < 1.29 is 0 Å². The Hall–Kier alpha value is -1.70. The molecule has 2 heteroatoms. The van der Waals surface area contributed by atoms with Gasteiger partial charge < -0.3 is 0 Å². The fourth-order valence-corrected chi connectivity index (χ4v) is 2.52. The molecule has 0 aliphatic carbocycles. The zero-order valence-electron chi connectivity index (χ0n) is 7.77. The van der Waals surface area contributed by atoms with Crippen LogP contribution in [0.1, 0.15) is 11.4 Å². The lowest BCUT2D eigenvalue weighted by molar-refractivity contribution is 0.684. The minimum absolute atomic E-state index is 1.16. The summed E-state index contributed by atoms with van der Waals surface area (Å²) in [6, 6.07) is 13.2. The van der Waals surface area contributed by atoms with Gasteiger partial charge in [0.15, 0.2) is 0 Å². The SMILES string of the molecule is c1cc2ccc3ccc4n3n2c1CC4. The van der Waals surface area contributed by atoms with Crippen molar-refractivity contribution in [3.05, 3.63) is 47.8 Å². The zero-order chi connectivity index (χ0) is 9.12. The van der Waals surface area contributed by atoms with Crippen molar-refractivity contribution in [2.24, 2.45) is 0 Å². The molecule has 0 unspecified atom stereocenters. The largest absolute Gasteiger partial charge is 0.253 e. The molecule has 0 spiro atoms. The van der Waals surface area contributed by atoms with Crippen LogP contribution in [0.4, 0.5) is 0 Å². The Labute approximate surface area is 81.4 Å². The normalized spacial score (nSPS) is 14.6. The average Bonchev–Trinajstić information content (AvgIpc) is 2.77. The van der Waals surface area contributed by atoms with Crippen molar-refractivity contribution in [3.8, 4) is 0 Å². The zero-order valence-corrected chi connectivity index (χ0v) is 7.77. The number of rotatable bonds is 0. The molecule has 0 saturated heterocycles. The fraction of sp³-hybridized carbons (Fsp3) is 0.167. The highest BCUT2D eigenvalue weighted by atomic mass is 15.3. The molecule has 0 aromatic carbocycles. The molecule has 0 fully saturated rings. The molecule has 0 bridgehead atoms. The molecule has 14 heavy (non-hydrogen) atoms. The highest BCUT2D eigenvalue weighted by molar-refractivity contribution is 5.59. The van der Waals surface area contributed by atoms with E-state index in [1.165, 1.54) is 22.4 Å². The molecule has 1 aliphatic heterocycles. The molecule has 4 heterocycles. The van der Waals surface area contributed by atoms with E-state index in [0.29, 0.717) is 0 Å². The second kappa shape index (κ2) is 2.03. The Balaban J connectivity index is 2.46. The van der Waals surface area contributed by atoms with Crippen LogP contribution in [0.25, 0.3) is 11.0 Å². The summed E-state index contributed by atoms with van der Waals surface area (Å²) in [5.74, 6) is 0. The third-order valence-corrected chi connectivity index (χ3v) is 3.19. The van der Waals surface area contributed by atoms with Crippen molar-refractivity contribution in [2.45, 2.75) is 12.8 Å². The molecular formula is C12H10N2. The topological polar surface area (TPSA) is 8.82 Å². The van der Waals surface area contributed by atoms with E-state index in [2.05, 4.69) is 45.4 Å². The van der Waals surface area contributed by atoms with Gasteiger partial charge in [0.2, 0.25) is 0 Å². The van der Waals surface area contributed by atoms with Crippen LogP contribution in [-0.4, -0.2) is 9.03 Å². The number of hydrogen-bond acceptors (Lipinski definition) is 0. The van der Waals surface area contributed by atoms with Crippen LogP contribution < -0.4 is 0 Å². The Morgan fingerprint density at radius 2 is 1.07 bits per heavy atom. The van der Waals surface area contributed by atoms with Gasteiger partial charge in [-0.1, -0.05) is 0 Å². The van der Waals surface area contributed by atoms with Gasteiger partial charge >= 0.3 is 0 Å². The Bertz CT molecular complexity index is 585. The standard InChI is InChI=1S/C12H10N2/c1-2-10-7-8-12-4-3-11-6-5-9(1)13(10)14(11)12/h1-6H,7-8H2. The third-order valence-electron chi connectivity index (χ3n) is 3.19. The maximum atomic E-state index is 2.33.